The highest BCUT2D eigenvalue weighted by molar-refractivity contribution is 5.94. The molecule has 2 aromatic rings. The van der Waals surface area contributed by atoms with Gasteiger partial charge < -0.3 is 9.47 Å². The van der Waals surface area contributed by atoms with Crippen LogP contribution >= 0.6 is 0 Å². The molecule has 0 atom stereocenters. The zero-order chi connectivity index (χ0) is 14.7. The molecule has 0 unspecified atom stereocenters. The van der Waals surface area contributed by atoms with Crippen LogP contribution in [-0.4, -0.2) is 18.9 Å². The Hall–Kier alpha value is -2.89. The van der Waals surface area contributed by atoms with Crippen LogP contribution in [0.3, 0.4) is 0 Å². The Kier molecular flexibility index (Phi) is 3.51. The molecular weight excluding hydrogens is 275 g/mol. The average molecular weight is 286 g/mol. The van der Waals surface area contributed by atoms with Crippen LogP contribution in [0, 0.1) is 5.82 Å². The molecule has 0 fully saturated rings. The van der Waals surface area contributed by atoms with Crippen LogP contribution in [0.5, 0.6) is 11.5 Å². The summed E-state index contributed by atoms with van der Waals surface area (Å²) in [5.74, 6) is 0.361. The van der Waals surface area contributed by atoms with Crippen molar-refractivity contribution in [1.82, 2.24) is 5.43 Å². The topological polar surface area (TPSA) is 59.9 Å². The van der Waals surface area contributed by atoms with Gasteiger partial charge in [-0.05, 0) is 42.0 Å². The Balaban J connectivity index is 1.65. The lowest BCUT2D eigenvalue weighted by atomic mass is 10.2. The van der Waals surface area contributed by atoms with Gasteiger partial charge in [-0.25, -0.2) is 9.82 Å². The minimum absolute atomic E-state index is 0.201. The summed E-state index contributed by atoms with van der Waals surface area (Å²) in [6.07, 6.45) is 1.47. The van der Waals surface area contributed by atoms with E-state index >= 15 is 0 Å². The maximum absolute atomic E-state index is 13.0. The van der Waals surface area contributed by atoms with Crippen LogP contribution < -0.4 is 14.9 Å². The molecule has 0 saturated heterocycles. The predicted molar refractivity (Wildman–Crippen MR) is 74.0 cm³/mol. The maximum atomic E-state index is 13.0. The Bertz CT molecular complexity index is 716. The molecule has 1 aliphatic heterocycles. The number of fused-ring (bicyclic) bond motifs is 1. The van der Waals surface area contributed by atoms with E-state index in [1.165, 1.54) is 24.4 Å². The fraction of sp³-hybridized carbons (Fsp3) is 0.0667. The smallest absolute Gasteiger partial charge is 0.271 e. The van der Waals surface area contributed by atoms with Crippen molar-refractivity contribution in [2.24, 2.45) is 5.10 Å². The summed E-state index contributed by atoms with van der Waals surface area (Å²) in [5, 5.41) is 3.83. The monoisotopic (exact) mass is 286 g/mol. The van der Waals surface area contributed by atoms with E-state index in [1.807, 2.05) is 0 Å². The van der Waals surface area contributed by atoms with E-state index in [0.717, 1.165) is 11.6 Å². The van der Waals surface area contributed by atoms with Crippen molar-refractivity contribution in [3.05, 3.63) is 59.4 Å². The van der Waals surface area contributed by atoms with Crippen molar-refractivity contribution >= 4 is 12.1 Å². The van der Waals surface area contributed by atoms with Crippen LogP contribution in [0.15, 0.2) is 47.6 Å². The third-order valence-electron chi connectivity index (χ3n) is 2.86. The molecule has 106 valence electrons. The van der Waals surface area contributed by atoms with E-state index in [0.29, 0.717) is 11.5 Å². The second-order valence-electron chi connectivity index (χ2n) is 4.32. The van der Waals surface area contributed by atoms with Crippen LogP contribution in [0.2, 0.25) is 0 Å². The highest BCUT2D eigenvalue weighted by Crippen LogP contribution is 2.31. The van der Waals surface area contributed by atoms with E-state index in [-0.39, 0.29) is 12.4 Å². The lowest BCUT2D eigenvalue weighted by Crippen LogP contribution is -2.17. The lowest BCUT2D eigenvalue weighted by molar-refractivity contribution is 0.0954. The van der Waals surface area contributed by atoms with Gasteiger partial charge in [0.15, 0.2) is 11.5 Å². The molecule has 0 saturated carbocycles. The number of hydrogen-bond acceptors (Lipinski definition) is 4. The van der Waals surface area contributed by atoms with E-state index in [2.05, 4.69) is 10.5 Å². The van der Waals surface area contributed by atoms with Gasteiger partial charge in [-0.1, -0.05) is 6.07 Å². The summed E-state index contributed by atoms with van der Waals surface area (Å²) in [5.41, 5.74) is 3.29. The molecule has 3 rings (SSSR count). The average Bonchev–Trinajstić information content (AvgIpc) is 2.94. The third kappa shape index (κ3) is 3.00. The quantitative estimate of drug-likeness (QED) is 0.696. The van der Waals surface area contributed by atoms with Crippen LogP contribution in [-0.2, 0) is 0 Å². The molecule has 21 heavy (non-hydrogen) atoms. The van der Waals surface area contributed by atoms with Crippen LogP contribution in [0.25, 0.3) is 0 Å². The Labute approximate surface area is 120 Å². The van der Waals surface area contributed by atoms with E-state index in [1.54, 1.807) is 18.2 Å². The molecule has 0 aromatic heterocycles. The van der Waals surface area contributed by atoms with Gasteiger partial charge in [-0.3, -0.25) is 4.79 Å². The van der Waals surface area contributed by atoms with Crippen molar-refractivity contribution in [2.75, 3.05) is 6.79 Å². The number of carbonyl (C=O) groups excluding carboxylic acids is 1. The van der Waals surface area contributed by atoms with Crippen molar-refractivity contribution in [3.63, 3.8) is 0 Å². The number of hydrogen-bond donors (Lipinski definition) is 1. The van der Waals surface area contributed by atoms with Crippen molar-refractivity contribution in [1.29, 1.82) is 0 Å². The van der Waals surface area contributed by atoms with Gasteiger partial charge in [0, 0.05) is 5.56 Å². The molecule has 0 radical (unpaired) electrons. The first-order chi connectivity index (χ1) is 10.2. The van der Waals surface area contributed by atoms with E-state index < -0.39 is 11.7 Å². The summed E-state index contributed by atoms with van der Waals surface area (Å²) in [4.78, 5) is 11.7. The normalized spacial score (nSPS) is 12.6. The zero-order valence-electron chi connectivity index (χ0n) is 10.9. The minimum Gasteiger partial charge on any atom is -0.454 e. The van der Waals surface area contributed by atoms with Crippen molar-refractivity contribution < 1.29 is 18.7 Å². The number of halogens is 1. The second kappa shape index (κ2) is 5.62. The second-order valence-corrected chi connectivity index (χ2v) is 4.32. The van der Waals surface area contributed by atoms with Crippen LogP contribution in [0.1, 0.15) is 15.9 Å². The summed E-state index contributed by atoms with van der Waals surface area (Å²) >= 11 is 0. The SMILES string of the molecule is O=C(N/N=C/c1ccc2c(c1)OCO2)c1cccc(F)c1. The molecule has 0 aliphatic carbocycles. The predicted octanol–water partition coefficient (Wildman–Crippen LogP) is 2.32. The Morgan fingerprint density at radius 1 is 1.19 bits per heavy atom. The van der Waals surface area contributed by atoms with Gasteiger partial charge in [-0.15, -0.1) is 0 Å². The number of hydrazone groups is 1. The molecule has 2 aromatic carbocycles. The number of rotatable bonds is 3. The third-order valence-corrected chi connectivity index (χ3v) is 2.86. The Morgan fingerprint density at radius 3 is 2.90 bits per heavy atom. The van der Waals surface area contributed by atoms with Crippen molar-refractivity contribution in [3.8, 4) is 11.5 Å². The molecule has 1 amide bonds. The van der Waals surface area contributed by atoms with Gasteiger partial charge in [0.2, 0.25) is 6.79 Å². The summed E-state index contributed by atoms with van der Waals surface area (Å²) in [7, 11) is 0. The first-order valence-corrected chi connectivity index (χ1v) is 6.21. The van der Waals surface area contributed by atoms with Gasteiger partial charge in [0.05, 0.1) is 6.21 Å². The number of benzene rings is 2. The minimum atomic E-state index is -0.480. The summed E-state index contributed by atoms with van der Waals surface area (Å²) in [6, 6.07) is 10.7. The number of nitrogens with one attached hydrogen (secondary N) is 1. The number of amides is 1. The van der Waals surface area contributed by atoms with Gasteiger partial charge in [0.1, 0.15) is 5.82 Å². The molecular formula is C15H11FN2O3. The Morgan fingerprint density at radius 2 is 2.05 bits per heavy atom. The van der Waals surface area contributed by atoms with E-state index in [9.17, 15) is 9.18 Å². The fourth-order valence-corrected chi connectivity index (χ4v) is 1.85. The molecule has 6 heteroatoms. The highest BCUT2D eigenvalue weighted by Gasteiger charge is 2.12. The zero-order valence-corrected chi connectivity index (χ0v) is 10.9. The molecule has 0 spiro atoms. The van der Waals surface area contributed by atoms with Gasteiger partial charge in [-0.2, -0.15) is 5.10 Å². The molecule has 0 bridgehead atoms. The first kappa shape index (κ1) is 13.1. The summed E-state index contributed by atoms with van der Waals surface area (Å²) < 4.78 is 23.4. The van der Waals surface area contributed by atoms with Gasteiger partial charge in [0.25, 0.3) is 5.91 Å². The molecule has 5 nitrogen and oxygen atoms in total. The van der Waals surface area contributed by atoms with Crippen LogP contribution in [0.4, 0.5) is 4.39 Å². The van der Waals surface area contributed by atoms with Gasteiger partial charge >= 0.3 is 0 Å². The molecule has 1 N–H and O–H groups in total. The molecule has 1 aliphatic rings. The maximum Gasteiger partial charge on any atom is 0.271 e. The number of carbonyl (C=O) groups is 1. The first-order valence-electron chi connectivity index (χ1n) is 6.21. The van der Waals surface area contributed by atoms with E-state index in [4.69, 9.17) is 9.47 Å². The number of nitrogens with zero attached hydrogens (tertiary/aromatic N) is 1. The standard InChI is InChI=1S/C15H11FN2O3/c16-12-3-1-2-11(7-12)15(19)18-17-8-10-4-5-13-14(6-10)21-9-20-13/h1-8H,9H2,(H,18,19)/b17-8+. The van der Waals surface area contributed by atoms with Crippen molar-refractivity contribution in [2.45, 2.75) is 0 Å². The fourth-order valence-electron chi connectivity index (χ4n) is 1.85. The highest BCUT2D eigenvalue weighted by atomic mass is 19.1. The lowest BCUT2D eigenvalue weighted by Gasteiger charge is -2.00. The number of ether oxygens (including phenoxy) is 2. The summed E-state index contributed by atoms with van der Waals surface area (Å²) in [6.45, 7) is 0.201. The largest absolute Gasteiger partial charge is 0.454 e. The molecule has 1 heterocycles.